The Morgan fingerprint density at radius 2 is 1.84 bits per heavy atom. The zero-order chi connectivity index (χ0) is 18.6. The second kappa shape index (κ2) is 8.63. The molecule has 136 valence electrons. The van der Waals surface area contributed by atoms with Gasteiger partial charge in [0.05, 0.1) is 11.6 Å². The van der Waals surface area contributed by atoms with Crippen LogP contribution in [0, 0.1) is 0 Å². The highest BCUT2D eigenvalue weighted by molar-refractivity contribution is 9.10. The molecule has 0 aliphatic carbocycles. The molecular weight excluding hydrogens is 425 g/mol. The lowest BCUT2D eigenvalue weighted by atomic mass is 10.1. The number of nitrogens with one attached hydrogen (secondary N) is 1. The fraction of sp³-hybridized carbons (Fsp3) is 0.368. The summed E-state index contributed by atoms with van der Waals surface area (Å²) in [6, 6.07) is 9.35. The van der Waals surface area contributed by atoms with E-state index in [0.29, 0.717) is 28.2 Å². The van der Waals surface area contributed by atoms with Gasteiger partial charge in [0.1, 0.15) is 6.61 Å². The van der Waals surface area contributed by atoms with Crippen LogP contribution in [-0.4, -0.2) is 12.6 Å². The number of hydrogen-bond acceptors (Lipinski definition) is 3. The van der Waals surface area contributed by atoms with Gasteiger partial charge in [-0.3, -0.25) is 0 Å². The molecule has 0 amide bonds. The van der Waals surface area contributed by atoms with Gasteiger partial charge in [-0.15, -0.1) is 0 Å². The molecule has 0 fully saturated rings. The number of rotatable bonds is 6. The molecule has 0 unspecified atom stereocenters. The molecule has 25 heavy (non-hydrogen) atoms. The molecule has 0 saturated heterocycles. The number of hydrogen-bond donors (Lipinski definition) is 1. The number of benzene rings is 2. The maximum atomic E-state index is 6.20. The van der Waals surface area contributed by atoms with Crippen LogP contribution in [0.2, 0.25) is 10.0 Å². The molecule has 2 rings (SSSR count). The highest BCUT2D eigenvalue weighted by Crippen LogP contribution is 2.37. The monoisotopic (exact) mass is 445 g/mol. The molecule has 0 aromatic heterocycles. The van der Waals surface area contributed by atoms with Crippen LogP contribution in [0.4, 0.5) is 0 Å². The smallest absolute Gasteiger partial charge is 0.175 e. The molecule has 0 spiro atoms. The van der Waals surface area contributed by atoms with Crippen LogP contribution >= 0.6 is 39.1 Å². The van der Waals surface area contributed by atoms with E-state index in [2.05, 4.69) is 42.0 Å². The first kappa shape index (κ1) is 20.4. The lowest BCUT2D eigenvalue weighted by Crippen LogP contribution is -2.35. The van der Waals surface area contributed by atoms with Crippen LogP contribution in [0.3, 0.4) is 0 Å². The van der Waals surface area contributed by atoms with Gasteiger partial charge in [-0.1, -0.05) is 29.3 Å². The number of ether oxygens (including phenoxy) is 2. The molecule has 0 aliphatic rings. The molecule has 2 aromatic rings. The molecule has 0 heterocycles. The van der Waals surface area contributed by atoms with E-state index < -0.39 is 0 Å². The molecule has 0 radical (unpaired) electrons. The minimum Gasteiger partial charge on any atom is -0.493 e. The van der Waals surface area contributed by atoms with Crippen molar-refractivity contribution in [2.45, 2.75) is 39.5 Å². The van der Waals surface area contributed by atoms with Crippen molar-refractivity contribution in [1.29, 1.82) is 0 Å². The van der Waals surface area contributed by atoms with Crippen LogP contribution in [-0.2, 0) is 13.2 Å². The van der Waals surface area contributed by atoms with Crippen molar-refractivity contribution in [3.05, 3.63) is 56.0 Å². The van der Waals surface area contributed by atoms with E-state index in [0.717, 1.165) is 22.1 Å². The molecule has 2 aromatic carbocycles. The molecule has 0 atom stereocenters. The van der Waals surface area contributed by atoms with Gasteiger partial charge >= 0.3 is 0 Å². The Balaban J connectivity index is 2.17. The lowest BCUT2D eigenvalue weighted by Gasteiger charge is -2.21. The van der Waals surface area contributed by atoms with E-state index >= 15 is 0 Å². The molecular formula is C19H22BrCl2NO2. The van der Waals surface area contributed by atoms with Crippen LogP contribution < -0.4 is 14.8 Å². The summed E-state index contributed by atoms with van der Waals surface area (Å²) >= 11 is 15.7. The first-order valence-electron chi connectivity index (χ1n) is 7.88. The number of methoxy groups -OCH3 is 1. The average Bonchev–Trinajstić information content (AvgIpc) is 2.52. The third kappa shape index (κ3) is 6.07. The Morgan fingerprint density at radius 3 is 2.44 bits per heavy atom. The van der Waals surface area contributed by atoms with Crippen molar-refractivity contribution >= 4 is 39.1 Å². The average molecular weight is 447 g/mol. The summed E-state index contributed by atoms with van der Waals surface area (Å²) in [6.45, 7) is 7.46. The molecule has 0 bridgehead atoms. The Morgan fingerprint density at radius 1 is 1.12 bits per heavy atom. The SMILES string of the molecule is COc1cc(CNC(C)(C)C)cc(Br)c1OCc1ccc(Cl)cc1Cl. The Kier molecular flexibility index (Phi) is 7.03. The maximum Gasteiger partial charge on any atom is 0.175 e. The van der Waals surface area contributed by atoms with Gasteiger partial charge < -0.3 is 14.8 Å². The van der Waals surface area contributed by atoms with Gasteiger partial charge in [-0.25, -0.2) is 0 Å². The Hall–Kier alpha value is -0.940. The van der Waals surface area contributed by atoms with Crippen LogP contribution in [0.1, 0.15) is 31.9 Å². The molecule has 0 aliphatic heterocycles. The van der Waals surface area contributed by atoms with E-state index in [-0.39, 0.29) is 5.54 Å². The summed E-state index contributed by atoms with van der Waals surface area (Å²) in [5, 5.41) is 4.64. The van der Waals surface area contributed by atoms with Crippen molar-refractivity contribution in [2.75, 3.05) is 7.11 Å². The van der Waals surface area contributed by atoms with Gasteiger partial charge in [-0.05, 0) is 66.5 Å². The van der Waals surface area contributed by atoms with Crippen LogP contribution in [0.25, 0.3) is 0 Å². The summed E-state index contributed by atoms with van der Waals surface area (Å²) in [5.41, 5.74) is 2.01. The van der Waals surface area contributed by atoms with Crippen molar-refractivity contribution in [2.24, 2.45) is 0 Å². The first-order chi connectivity index (χ1) is 11.7. The minimum absolute atomic E-state index is 0.0419. The Labute approximate surface area is 167 Å². The second-order valence-corrected chi connectivity index (χ2v) is 8.43. The first-order valence-corrected chi connectivity index (χ1v) is 9.42. The molecule has 0 saturated carbocycles. The molecule has 3 nitrogen and oxygen atoms in total. The summed E-state index contributed by atoms with van der Waals surface area (Å²) < 4.78 is 12.3. The fourth-order valence-corrected chi connectivity index (χ4v) is 3.24. The van der Waals surface area contributed by atoms with E-state index in [9.17, 15) is 0 Å². The van der Waals surface area contributed by atoms with Crippen LogP contribution in [0.5, 0.6) is 11.5 Å². The summed E-state index contributed by atoms with van der Waals surface area (Å²) in [7, 11) is 1.63. The third-order valence-electron chi connectivity index (χ3n) is 3.50. The highest BCUT2D eigenvalue weighted by Gasteiger charge is 2.15. The molecule has 1 N–H and O–H groups in total. The normalized spacial score (nSPS) is 11.5. The zero-order valence-corrected chi connectivity index (χ0v) is 17.8. The standard InChI is InChI=1S/C19H22BrCl2NO2/c1-19(2,3)23-10-12-7-15(20)18(17(8-12)24-4)25-11-13-5-6-14(21)9-16(13)22/h5-9,23H,10-11H2,1-4H3. The van der Waals surface area contributed by atoms with Crippen molar-refractivity contribution in [3.63, 3.8) is 0 Å². The number of halogens is 3. The van der Waals surface area contributed by atoms with Crippen molar-refractivity contribution < 1.29 is 9.47 Å². The van der Waals surface area contributed by atoms with Gasteiger partial charge in [0, 0.05) is 27.7 Å². The quantitative estimate of drug-likeness (QED) is 0.570. The van der Waals surface area contributed by atoms with Crippen LogP contribution in [0.15, 0.2) is 34.8 Å². The minimum atomic E-state index is 0.0419. The van der Waals surface area contributed by atoms with E-state index in [4.69, 9.17) is 32.7 Å². The van der Waals surface area contributed by atoms with Gasteiger partial charge in [0.15, 0.2) is 11.5 Å². The third-order valence-corrected chi connectivity index (χ3v) is 4.68. The van der Waals surface area contributed by atoms with Gasteiger partial charge in [0.25, 0.3) is 0 Å². The predicted molar refractivity (Wildman–Crippen MR) is 108 cm³/mol. The van der Waals surface area contributed by atoms with E-state index in [1.807, 2.05) is 18.2 Å². The Bertz CT molecular complexity index is 745. The highest BCUT2D eigenvalue weighted by atomic mass is 79.9. The van der Waals surface area contributed by atoms with Gasteiger partial charge in [-0.2, -0.15) is 0 Å². The summed E-state index contributed by atoms with van der Waals surface area (Å²) in [6.07, 6.45) is 0. The van der Waals surface area contributed by atoms with E-state index in [1.54, 1.807) is 19.2 Å². The maximum absolute atomic E-state index is 6.20. The zero-order valence-electron chi connectivity index (χ0n) is 14.8. The second-order valence-electron chi connectivity index (χ2n) is 6.74. The van der Waals surface area contributed by atoms with Gasteiger partial charge in [0.2, 0.25) is 0 Å². The predicted octanol–water partition coefficient (Wildman–Crippen LogP) is 6.23. The molecule has 6 heteroatoms. The van der Waals surface area contributed by atoms with Crippen molar-refractivity contribution in [1.82, 2.24) is 5.32 Å². The van der Waals surface area contributed by atoms with E-state index in [1.165, 1.54) is 0 Å². The fourth-order valence-electron chi connectivity index (χ4n) is 2.17. The summed E-state index contributed by atoms with van der Waals surface area (Å²) in [4.78, 5) is 0. The van der Waals surface area contributed by atoms with Crippen molar-refractivity contribution in [3.8, 4) is 11.5 Å². The lowest BCUT2D eigenvalue weighted by molar-refractivity contribution is 0.282. The largest absolute Gasteiger partial charge is 0.493 e. The summed E-state index contributed by atoms with van der Waals surface area (Å²) in [5.74, 6) is 1.32. The topological polar surface area (TPSA) is 30.5 Å².